The van der Waals surface area contributed by atoms with E-state index in [-0.39, 0.29) is 23.9 Å². The van der Waals surface area contributed by atoms with Gasteiger partial charge in [-0.2, -0.15) is 0 Å². The zero-order valence-corrected chi connectivity index (χ0v) is 12.9. The SMILES string of the molecule is CC(C)(CCOC(C)(C)CCC(N)=O)NC(=O)CNN. The van der Waals surface area contributed by atoms with Crippen LogP contribution < -0.4 is 22.3 Å². The van der Waals surface area contributed by atoms with Crippen molar-refractivity contribution >= 4 is 11.8 Å². The number of rotatable bonds is 10. The summed E-state index contributed by atoms with van der Waals surface area (Å²) in [5.41, 5.74) is 6.64. The van der Waals surface area contributed by atoms with Crippen molar-refractivity contribution in [3.63, 3.8) is 0 Å². The van der Waals surface area contributed by atoms with E-state index in [0.29, 0.717) is 25.9 Å². The maximum absolute atomic E-state index is 11.5. The van der Waals surface area contributed by atoms with Crippen LogP contribution in [0.1, 0.15) is 47.0 Å². The van der Waals surface area contributed by atoms with Gasteiger partial charge in [-0.3, -0.25) is 20.9 Å². The molecule has 0 fully saturated rings. The van der Waals surface area contributed by atoms with E-state index in [9.17, 15) is 9.59 Å². The molecule has 0 aromatic carbocycles. The van der Waals surface area contributed by atoms with Gasteiger partial charge in [0.1, 0.15) is 0 Å². The van der Waals surface area contributed by atoms with Gasteiger partial charge in [-0.05, 0) is 40.5 Å². The van der Waals surface area contributed by atoms with Crippen molar-refractivity contribution in [2.75, 3.05) is 13.2 Å². The fraction of sp³-hybridized carbons (Fsp3) is 0.846. The molecule has 0 spiro atoms. The van der Waals surface area contributed by atoms with Crippen LogP contribution >= 0.6 is 0 Å². The molecule has 0 heterocycles. The van der Waals surface area contributed by atoms with Crippen LogP contribution in [-0.4, -0.2) is 36.1 Å². The molecule has 0 saturated heterocycles. The molecular weight excluding hydrogens is 260 g/mol. The maximum Gasteiger partial charge on any atom is 0.235 e. The molecular formula is C13H28N4O3. The van der Waals surface area contributed by atoms with Crippen molar-refractivity contribution in [3.8, 4) is 0 Å². The summed E-state index contributed by atoms with van der Waals surface area (Å²) in [4.78, 5) is 22.2. The fourth-order valence-electron chi connectivity index (χ4n) is 1.66. The molecule has 0 aliphatic carbocycles. The lowest BCUT2D eigenvalue weighted by Gasteiger charge is -2.30. The van der Waals surface area contributed by atoms with Gasteiger partial charge in [0.05, 0.1) is 12.1 Å². The molecule has 0 atom stereocenters. The number of hydrogen-bond acceptors (Lipinski definition) is 5. The Kier molecular flexibility index (Phi) is 7.70. The molecule has 7 heteroatoms. The van der Waals surface area contributed by atoms with Crippen LogP contribution in [0.5, 0.6) is 0 Å². The van der Waals surface area contributed by atoms with E-state index in [1.165, 1.54) is 0 Å². The van der Waals surface area contributed by atoms with E-state index in [2.05, 4.69) is 10.7 Å². The highest BCUT2D eigenvalue weighted by Crippen LogP contribution is 2.18. The van der Waals surface area contributed by atoms with Crippen LogP contribution in [0.2, 0.25) is 0 Å². The number of hydrazine groups is 1. The first-order chi connectivity index (χ1) is 9.08. The van der Waals surface area contributed by atoms with Crippen molar-refractivity contribution < 1.29 is 14.3 Å². The highest BCUT2D eigenvalue weighted by atomic mass is 16.5. The molecule has 0 aliphatic heterocycles. The number of primary amides is 1. The lowest BCUT2D eigenvalue weighted by molar-refractivity contribution is -0.123. The van der Waals surface area contributed by atoms with Gasteiger partial charge in [0, 0.05) is 18.6 Å². The summed E-state index contributed by atoms with van der Waals surface area (Å²) in [5.74, 6) is 4.60. The molecule has 2 amide bonds. The maximum atomic E-state index is 11.5. The second-order valence-corrected chi connectivity index (χ2v) is 6.14. The molecule has 0 aromatic heterocycles. The third-order valence-electron chi connectivity index (χ3n) is 2.93. The third-order valence-corrected chi connectivity index (χ3v) is 2.93. The number of hydrogen-bond donors (Lipinski definition) is 4. The molecule has 0 rings (SSSR count). The van der Waals surface area contributed by atoms with Crippen molar-refractivity contribution in [1.82, 2.24) is 10.7 Å². The van der Waals surface area contributed by atoms with Crippen LogP contribution in [0, 0.1) is 0 Å². The number of ether oxygens (including phenoxy) is 1. The minimum absolute atomic E-state index is 0.0778. The summed E-state index contributed by atoms with van der Waals surface area (Å²) in [6, 6.07) is 0. The zero-order chi connectivity index (χ0) is 15.8. The Bertz CT molecular complexity index is 330. The van der Waals surface area contributed by atoms with E-state index in [0.717, 1.165) is 0 Å². The van der Waals surface area contributed by atoms with Gasteiger partial charge in [-0.25, -0.2) is 0 Å². The smallest absolute Gasteiger partial charge is 0.235 e. The monoisotopic (exact) mass is 288 g/mol. The lowest BCUT2D eigenvalue weighted by Crippen LogP contribution is -2.48. The quantitative estimate of drug-likeness (QED) is 0.328. The summed E-state index contributed by atoms with van der Waals surface area (Å²) in [6.45, 7) is 8.23. The second kappa shape index (κ2) is 8.18. The average Bonchev–Trinajstić information content (AvgIpc) is 2.25. The van der Waals surface area contributed by atoms with Gasteiger partial charge in [0.2, 0.25) is 11.8 Å². The molecule has 0 unspecified atom stereocenters. The summed E-state index contributed by atoms with van der Waals surface area (Å²) >= 11 is 0. The fourth-order valence-corrected chi connectivity index (χ4v) is 1.66. The Hall–Kier alpha value is -1.18. The van der Waals surface area contributed by atoms with E-state index < -0.39 is 5.60 Å². The molecule has 0 bridgehead atoms. The van der Waals surface area contributed by atoms with Gasteiger partial charge >= 0.3 is 0 Å². The number of nitrogens with two attached hydrogens (primary N) is 2. The Morgan fingerprint density at radius 2 is 1.75 bits per heavy atom. The number of carbonyl (C=O) groups is 2. The van der Waals surface area contributed by atoms with Crippen LogP contribution in [-0.2, 0) is 14.3 Å². The number of nitrogens with one attached hydrogen (secondary N) is 2. The molecule has 7 nitrogen and oxygen atoms in total. The first-order valence-corrected chi connectivity index (χ1v) is 6.75. The zero-order valence-electron chi connectivity index (χ0n) is 12.9. The predicted octanol–water partition coefficient (Wildman–Crippen LogP) is -0.205. The molecule has 20 heavy (non-hydrogen) atoms. The van der Waals surface area contributed by atoms with Crippen molar-refractivity contribution in [3.05, 3.63) is 0 Å². The van der Waals surface area contributed by atoms with Crippen LogP contribution in [0.3, 0.4) is 0 Å². The summed E-state index contributed by atoms with van der Waals surface area (Å²) in [6.07, 6.45) is 1.53. The molecule has 118 valence electrons. The van der Waals surface area contributed by atoms with Gasteiger partial charge < -0.3 is 15.8 Å². The Morgan fingerprint density at radius 3 is 2.25 bits per heavy atom. The van der Waals surface area contributed by atoms with E-state index >= 15 is 0 Å². The summed E-state index contributed by atoms with van der Waals surface area (Å²) in [7, 11) is 0. The molecule has 0 aliphatic rings. The first-order valence-electron chi connectivity index (χ1n) is 6.75. The van der Waals surface area contributed by atoms with E-state index in [4.69, 9.17) is 16.3 Å². The summed E-state index contributed by atoms with van der Waals surface area (Å²) in [5, 5.41) is 2.86. The third kappa shape index (κ3) is 9.71. The predicted molar refractivity (Wildman–Crippen MR) is 77.5 cm³/mol. The highest BCUT2D eigenvalue weighted by Gasteiger charge is 2.23. The van der Waals surface area contributed by atoms with Gasteiger partial charge in [0.15, 0.2) is 0 Å². The first kappa shape index (κ1) is 18.8. The second-order valence-electron chi connectivity index (χ2n) is 6.14. The molecule has 6 N–H and O–H groups in total. The number of amides is 2. The minimum Gasteiger partial charge on any atom is -0.375 e. The minimum atomic E-state index is -0.409. The average molecular weight is 288 g/mol. The van der Waals surface area contributed by atoms with Crippen LogP contribution in [0.25, 0.3) is 0 Å². The van der Waals surface area contributed by atoms with Crippen LogP contribution in [0.4, 0.5) is 0 Å². The van der Waals surface area contributed by atoms with Gasteiger partial charge in [-0.15, -0.1) is 0 Å². The Morgan fingerprint density at radius 1 is 1.15 bits per heavy atom. The normalized spacial score (nSPS) is 12.2. The van der Waals surface area contributed by atoms with Crippen molar-refractivity contribution in [1.29, 1.82) is 0 Å². The van der Waals surface area contributed by atoms with Crippen molar-refractivity contribution in [2.24, 2.45) is 11.6 Å². The van der Waals surface area contributed by atoms with E-state index in [1.54, 1.807) is 0 Å². The largest absolute Gasteiger partial charge is 0.375 e. The molecule has 0 aromatic rings. The van der Waals surface area contributed by atoms with Gasteiger partial charge in [-0.1, -0.05) is 0 Å². The molecule has 0 radical (unpaired) electrons. The Labute approximate surface area is 120 Å². The topological polar surface area (TPSA) is 119 Å². The van der Waals surface area contributed by atoms with Crippen LogP contribution in [0.15, 0.2) is 0 Å². The number of carbonyl (C=O) groups excluding carboxylic acids is 2. The summed E-state index contributed by atoms with van der Waals surface area (Å²) < 4.78 is 5.76. The van der Waals surface area contributed by atoms with E-state index in [1.807, 2.05) is 27.7 Å². The molecule has 0 saturated carbocycles. The standard InChI is InChI=1S/C13H28N4O3/c1-12(2,17-11(19)9-16-15)7-8-20-13(3,4)6-5-10(14)18/h16H,5-9,15H2,1-4H3,(H2,14,18)(H,17,19). The lowest BCUT2D eigenvalue weighted by atomic mass is 9.99. The van der Waals surface area contributed by atoms with Crippen molar-refractivity contribution in [2.45, 2.75) is 58.1 Å². The Balaban J connectivity index is 4.07. The van der Waals surface area contributed by atoms with Gasteiger partial charge in [0.25, 0.3) is 0 Å². The highest BCUT2D eigenvalue weighted by molar-refractivity contribution is 5.78.